The smallest absolute Gasteiger partial charge is 0.272 e. The highest BCUT2D eigenvalue weighted by Crippen LogP contribution is 2.26. The van der Waals surface area contributed by atoms with Crippen LogP contribution in [0.3, 0.4) is 0 Å². The molecule has 1 amide bonds. The van der Waals surface area contributed by atoms with E-state index in [1.807, 2.05) is 73.7 Å². The second-order valence-corrected chi connectivity index (χ2v) is 6.89. The SMILES string of the molecule is COC[C@@H](C)NC(=O)c1cc2nc(-c3ccccc3)cc(-c3ccccc3)n2n1. The zero-order valence-electron chi connectivity index (χ0n) is 16.4. The maximum absolute atomic E-state index is 12.6. The number of nitrogens with one attached hydrogen (secondary N) is 1. The number of ether oxygens (including phenoxy) is 1. The van der Waals surface area contributed by atoms with Crippen molar-refractivity contribution in [2.24, 2.45) is 0 Å². The monoisotopic (exact) mass is 386 g/mol. The van der Waals surface area contributed by atoms with Crippen molar-refractivity contribution in [3.63, 3.8) is 0 Å². The van der Waals surface area contributed by atoms with E-state index in [1.165, 1.54) is 0 Å². The van der Waals surface area contributed by atoms with Crippen molar-refractivity contribution in [3.8, 4) is 22.5 Å². The predicted octanol–water partition coefficient (Wildman–Crippen LogP) is 3.83. The summed E-state index contributed by atoms with van der Waals surface area (Å²) in [6.07, 6.45) is 0. The van der Waals surface area contributed by atoms with E-state index in [4.69, 9.17) is 9.72 Å². The van der Waals surface area contributed by atoms with Gasteiger partial charge in [0, 0.05) is 30.3 Å². The molecule has 6 nitrogen and oxygen atoms in total. The van der Waals surface area contributed by atoms with Crippen LogP contribution in [-0.4, -0.2) is 40.3 Å². The summed E-state index contributed by atoms with van der Waals surface area (Å²) in [6.45, 7) is 2.32. The molecule has 1 N–H and O–H groups in total. The van der Waals surface area contributed by atoms with Gasteiger partial charge in [-0.1, -0.05) is 60.7 Å². The third-order valence-electron chi connectivity index (χ3n) is 4.59. The van der Waals surface area contributed by atoms with Crippen molar-refractivity contribution in [2.45, 2.75) is 13.0 Å². The molecular formula is C23H22N4O2. The Morgan fingerprint density at radius 3 is 2.34 bits per heavy atom. The maximum Gasteiger partial charge on any atom is 0.272 e. The maximum atomic E-state index is 12.6. The molecule has 0 fully saturated rings. The number of carbonyl (C=O) groups is 1. The molecule has 0 saturated carbocycles. The zero-order chi connectivity index (χ0) is 20.2. The van der Waals surface area contributed by atoms with Crippen LogP contribution < -0.4 is 5.32 Å². The Morgan fingerprint density at radius 2 is 1.69 bits per heavy atom. The number of amides is 1. The van der Waals surface area contributed by atoms with Gasteiger partial charge in [-0.2, -0.15) is 5.10 Å². The molecule has 6 heteroatoms. The first-order valence-electron chi connectivity index (χ1n) is 9.47. The molecule has 29 heavy (non-hydrogen) atoms. The quantitative estimate of drug-likeness (QED) is 0.547. The van der Waals surface area contributed by atoms with Crippen LogP contribution in [0.25, 0.3) is 28.2 Å². The first-order valence-corrected chi connectivity index (χ1v) is 9.47. The Bertz CT molecular complexity index is 1120. The Balaban J connectivity index is 1.82. The first-order chi connectivity index (χ1) is 14.2. The summed E-state index contributed by atoms with van der Waals surface area (Å²) in [6, 6.07) is 23.5. The Morgan fingerprint density at radius 1 is 1.03 bits per heavy atom. The van der Waals surface area contributed by atoms with E-state index in [-0.39, 0.29) is 11.9 Å². The summed E-state index contributed by atoms with van der Waals surface area (Å²) in [5.74, 6) is -0.250. The van der Waals surface area contributed by atoms with E-state index in [2.05, 4.69) is 10.4 Å². The lowest BCUT2D eigenvalue weighted by atomic mass is 10.1. The van der Waals surface area contributed by atoms with Crippen LogP contribution in [0.15, 0.2) is 72.8 Å². The standard InChI is InChI=1S/C23H22N4O2/c1-16(15-29-2)24-23(28)20-14-22-25-19(17-9-5-3-6-10-17)13-21(27(22)26-20)18-11-7-4-8-12-18/h3-14,16H,15H2,1-2H3,(H,24,28)/t16-/m1/s1. The second kappa shape index (κ2) is 8.24. The fourth-order valence-electron chi connectivity index (χ4n) is 3.25. The topological polar surface area (TPSA) is 68.5 Å². The second-order valence-electron chi connectivity index (χ2n) is 6.89. The van der Waals surface area contributed by atoms with E-state index < -0.39 is 0 Å². The summed E-state index contributed by atoms with van der Waals surface area (Å²) in [4.78, 5) is 17.4. The lowest BCUT2D eigenvalue weighted by molar-refractivity contribution is 0.0900. The molecule has 0 saturated heterocycles. The van der Waals surface area contributed by atoms with Crippen molar-refractivity contribution < 1.29 is 9.53 Å². The lowest BCUT2D eigenvalue weighted by Crippen LogP contribution is -2.35. The molecule has 0 aliphatic heterocycles. The molecule has 4 aromatic rings. The normalized spacial score (nSPS) is 12.1. The van der Waals surface area contributed by atoms with Gasteiger partial charge in [-0.15, -0.1) is 0 Å². The van der Waals surface area contributed by atoms with E-state index in [9.17, 15) is 4.79 Å². The van der Waals surface area contributed by atoms with Crippen LogP contribution in [0, 0.1) is 0 Å². The fourth-order valence-corrected chi connectivity index (χ4v) is 3.25. The van der Waals surface area contributed by atoms with Gasteiger partial charge < -0.3 is 10.1 Å². The van der Waals surface area contributed by atoms with Crippen molar-refractivity contribution in [3.05, 3.63) is 78.5 Å². The van der Waals surface area contributed by atoms with Gasteiger partial charge in [0.25, 0.3) is 5.91 Å². The van der Waals surface area contributed by atoms with E-state index in [0.717, 1.165) is 22.5 Å². The van der Waals surface area contributed by atoms with Crippen molar-refractivity contribution >= 4 is 11.6 Å². The number of nitrogens with zero attached hydrogens (tertiary/aromatic N) is 3. The van der Waals surface area contributed by atoms with Crippen LogP contribution in [0.2, 0.25) is 0 Å². The summed E-state index contributed by atoms with van der Waals surface area (Å²) >= 11 is 0. The van der Waals surface area contributed by atoms with E-state index in [1.54, 1.807) is 17.7 Å². The molecule has 0 spiro atoms. The van der Waals surface area contributed by atoms with E-state index >= 15 is 0 Å². The lowest BCUT2D eigenvalue weighted by Gasteiger charge is -2.11. The Hall–Kier alpha value is -3.51. The number of methoxy groups -OCH3 is 1. The number of rotatable bonds is 6. The van der Waals surface area contributed by atoms with Gasteiger partial charge in [0.15, 0.2) is 11.3 Å². The molecule has 0 radical (unpaired) electrons. The number of hydrogen-bond acceptors (Lipinski definition) is 4. The van der Waals surface area contributed by atoms with Gasteiger partial charge in [-0.3, -0.25) is 4.79 Å². The minimum atomic E-state index is -0.250. The Labute approximate surface area is 169 Å². The number of hydrogen-bond donors (Lipinski definition) is 1. The number of aromatic nitrogens is 3. The summed E-state index contributed by atoms with van der Waals surface area (Å²) in [5, 5.41) is 7.43. The third-order valence-corrected chi connectivity index (χ3v) is 4.59. The highest BCUT2D eigenvalue weighted by molar-refractivity contribution is 5.93. The number of fused-ring (bicyclic) bond motifs is 1. The summed E-state index contributed by atoms with van der Waals surface area (Å²) in [7, 11) is 1.61. The minimum absolute atomic E-state index is 0.112. The van der Waals surface area contributed by atoms with Crippen LogP contribution in [0.5, 0.6) is 0 Å². The Kier molecular flexibility index (Phi) is 5.35. The predicted molar refractivity (Wildman–Crippen MR) is 113 cm³/mol. The van der Waals surface area contributed by atoms with Gasteiger partial charge in [-0.05, 0) is 13.0 Å². The largest absolute Gasteiger partial charge is 0.383 e. The molecule has 2 aromatic carbocycles. The third kappa shape index (κ3) is 4.02. The highest BCUT2D eigenvalue weighted by Gasteiger charge is 2.17. The molecule has 1 atom stereocenters. The van der Waals surface area contributed by atoms with Crippen molar-refractivity contribution in [2.75, 3.05) is 13.7 Å². The fraction of sp³-hybridized carbons (Fsp3) is 0.174. The van der Waals surface area contributed by atoms with Crippen molar-refractivity contribution in [1.29, 1.82) is 0 Å². The number of carbonyl (C=O) groups excluding carboxylic acids is 1. The van der Waals surface area contributed by atoms with Crippen LogP contribution in [0.1, 0.15) is 17.4 Å². The van der Waals surface area contributed by atoms with Crippen molar-refractivity contribution in [1.82, 2.24) is 19.9 Å². The molecule has 2 aromatic heterocycles. The van der Waals surface area contributed by atoms with Gasteiger partial charge in [0.1, 0.15) is 0 Å². The van der Waals surface area contributed by atoms with Crippen LogP contribution in [-0.2, 0) is 4.74 Å². The van der Waals surface area contributed by atoms with E-state index in [0.29, 0.717) is 17.9 Å². The molecule has 146 valence electrons. The molecule has 4 rings (SSSR count). The summed E-state index contributed by atoms with van der Waals surface area (Å²) in [5.41, 5.74) is 4.65. The van der Waals surface area contributed by atoms with Gasteiger partial charge in [0.2, 0.25) is 0 Å². The minimum Gasteiger partial charge on any atom is -0.383 e. The molecule has 0 unspecified atom stereocenters. The molecule has 0 aliphatic carbocycles. The van der Waals surface area contributed by atoms with Gasteiger partial charge in [-0.25, -0.2) is 9.50 Å². The number of benzene rings is 2. The van der Waals surface area contributed by atoms with Gasteiger partial charge >= 0.3 is 0 Å². The molecule has 0 aliphatic rings. The average Bonchev–Trinajstić information content (AvgIpc) is 3.19. The van der Waals surface area contributed by atoms with Crippen LogP contribution in [0.4, 0.5) is 0 Å². The van der Waals surface area contributed by atoms with Crippen LogP contribution >= 0.6 is 0 Å². The highest BCUT2D eigenvalue weighted by atomic mass is 16.5. The molecule has 0 bridgehead atoms. The molecular weight excluding hydrogens is 364 g/mol. The summed E-state index contributed by atoms with van der Waals surface area (Å²) < 4.78 is 6.81. The first kappa shape index (κ1) is 18.8. The van der Waals surface area contributed by atoms with Gasteiger partial charge in [0.05, 0.1) is 18.0 Å². The average molecular weight is 386 g/mol. The molecule has 2 heterocycles. The zero-order valence-corrected chi connectivity index (χ0v) is 16.4.